The lowest BCUT2D eigenvalue weighted by Gasteiger charge is -2.19. The minimum atomic E-state index is -0.227. The Balaban J connectivity index is 1.35. The minimum Gasteiger partial charge on any atom is -0.467 e. The number of thioether (sulfide) groups is 1. The number of hydrogen-bond donors (Lipinski definition) is 0. The second kappa shape index (κ2) is 8.70. The van der Waals surface area contributed by atoms with Crippen molar-refractivity contribution in [3.05, 3.63) is 65.4 Å². The Labute approximate surface area is 185 Å². The first-order valence-electron chi connectivity index (χ1n) is 10.7. The van der Waals surface area contributed by atoms with Crippen LogP contribution >= 0.6 is 11.8 Å². The summed E-state index contributed by atoms with van der Waals surface area (Å²) in [5, 5.41) is 15.8. The van der Waals surface area contributed by atoms with E-state index in [1.54, 1.807) is 11.3 Å². The van der Waals surface area contributed by atoms with E-state index in [1.165, 1.54) is 23.7 Å². The average molecular weight is 436 g/mol. The molecule has 2 aliphatic rings. The zero-order valence-corrected chi connectivity index (χ0v) is 18.3. The van der Waals surface area contributed by atoms with Gasteiger partial charge in [0.15, 0.2) is 5.16 Å². The second-order valence-electron chi connectivity index (χ2n) is 8.04. The highest BCUT2D eigenvalue weighted by Crippen LogP contribution is 2.34. The van der Waals surface area contributed by atoms with Gasteiger partial charge in [-0.2, -0.15) is 5.10 Å². The Kier molecular flexibility index (Phi) is 5.63. The smallest absolute Gasteiger partial charge is 0.253 e. The molecule has 7 nitrogen and oxygen atoms in total. The normalized spacial score (nSPS) is 18.5. The summed E-state index contributed by atoms with van der Waals surface area (Å²) in [5.41, 5.74) is 3.13. The van der Waals surface area contributed by atoms with Crippen molar-refractivity contribution in [2.24, 2.45) is 5.10 Å². The number of aromatic nitrogens is 3. The van der Waals surface area contributed by atoms with Gasteiger partial charge in [-0.05, 0) is 37.5 Å². The molecule has 0 spiro atoms. The average Bonchev–Trinajstić information content (AvgIpc) is 3.50. The van der Waals surface area contributed by atoms with Gasteiger partial charge in [0.2, 0.25) is 0 Å². The van der Waals surface area contributed by atoms with Crippen LogP contribution in [-0.4, -0.2) is 37.1 Å². The number of rotatable bonds is 5. The molecule has 3 aromatic rings. The van der Waals surface area contributed by atoms with E-state index >= 15 is 0 Å². The third-order valence-corrected chi connectivity index (χ3v) is 6.77. The van der Waals surface area contributed by atoms with Crippen molar-refractivity contribution in [1.82, 2.24) is 19.8 Å². The third-order valence-electron chi connectivity index (χ3n) is 5.82. The number of carbonyl (C=O) groups excluding carboxylic acids is 1. The molecule has 4 heterocycles. The molecular formula is C23H25N5O2S. The molecule has 1 amide bonds. The maximum atomic E-state index is 13.2. The lowest BCUT2D eigenvalue weighted by molar-refractivity contribution is -0.130. The van der Waals surface area contributed by atoms with E-state index in [9.17, 15) is 4.79 Å². The Bertz CT molecular complexity index is 1090. The Morgan fingerprint density at radius 1 is 1.16 bits per heavy atom. The van der Waals surface area contributed by atoms with Crippen molar-refractivity contribution in [3.63, 3.8) is 0 Å². The van der Waals surface area contributed by atoms with E-state index < -0.39 is 0 Å². The van der Waals surface area contributed by atoms with Gasteiger partial charge >= 0.3 is 0 Å². The van der Waals surface area contributed by atoms with E-state index in [0.717, 1.165) is 53.8 Å². The van der Waals surface area contributed by atoms with Gasteiger partial charge in [-0.15, -0.1) is 10.2 Å². The number of hydrazone groups is 1. The van der Waals surface area contributed by atoms with Gasteiger partial charge in [0, 0.05) is 19.4 Å². The monoisotopic (exact) mass is 435 g/mol. The maximum absolute atomic E-state index is 13.2. The van der Waals surface area contributed by atoms with Gasteiger partial charge in [-0.1, -0.05) is 48.0 Å². The van der Waals surface area contributed by atoms with Gasteiger partial charge < -0.3 is 8.98 Å². The van der Waals surface area contributed by atoms with Crippen LogP contribution in [0.25, 0.3) is 0 Å². The number of aryl methyl sites for hydroxylation is 2. The van der Waals surface area contributed by atoms with Crippen molar-refractivity contribution in [1.29, 1.82) is 0 Å². The molecular weight excluding hydrogens is 410 g/mol. The summed E-state index contributed by atoms with van der Waals surface area (Å²) in [6.45, 7) is 2.98. The van der Waals surface area contributed by atoms with Crippen molar-refractivity contribution in [2.45, 2.75) is 56.8 Å². The second-order valence-corrected chi connectivity index (χ2v) is 8.98. The largest absolute Gasteiger partial charge is 0.467 e. The van der Waals surface area contributed by atoms with Crippen LogP contribution in [0.15, 0.2) is 57.3 Å². The Morgan fingerprint density at radius 2 is 2.03 bits per heavy atom. The van der Waals surface area contributed by atoms with Crippen LogP contribution in [0.3, 0.4) is 0 Å². The number of amides is 1. The molecule has 0 saturated carbocycles. The molecule has 0 bridgehead atoms. The molecule has 0 radical (unpaired) electrons. The van der Waals surface area contributed by atoms with Gasteiger partial charge in [0.05, 0.1) is 17.7 Å². The molecule has 0 unspecified atom stereocenters. The van der Waals surface area contributed by atoms with Crippen LogP contribution in [0.1, 0.15) is 54.4 Å². The molecule has 0 saturated heterocycles. The van der Waals surface area contributed by atoms with Crippen LogP contribution in [0.4, 0.5) is 0 Å². The fraction of sp³-hybridized carbons (Fsp3) is 0.391. The molecule has 0 aliphatic carbocycles. The van der Waals surface area contributed by atoms with Crippen LogP contribution in [-0.2, 0) is 17.8 Å². The standard InChI is InChI=1S/C23H25N5O2S/c1-16-8-10-17(11-9-16)18-14-19(20-6-5-13-30-20)28(26-18)22(29)15-31-23-25-24-21-7-3-2-4-12-27(21)23/h5-6,8-11,13,19H,2-4,7,12,14-15H2,1H3/t19-/m0/s1. The number of carbonyl (C=O) groups is 1. The van der Waals surface area contributed by atoms with Crippen molar-refractivity contribution >= 4 is 23.4 Å². The molecule has 1 aromatic carbocycles. The lowest BCUT2D eigenvalue weighted by atomic mass is 10.0. The van der Waals surface area contributed by atoms with Crippen molar-refractivity contribution in [3.8, 4) is 0 Å². The number of furan rings is 1. The van der Waals surface area contributed by atoms with E-state index in [-0.39, 0.29) is 17.7 Å². The molecule has 0 N–H and O–H groups in total. The SMILES string of the molecule is Cc1ccc(C2=NN(C(=O)CSc3nnc4n3CCCCC4)[C@H](c3ccco3)C2)cc1. The van der Waals surface area contributed by atoms with E-state index in [0.29, 0.717) is 6.42 Å². The van der Waals surface area contributed by atoms with E-state index in [4.69, 9.17) is 9.52 Å². The Hall–Kier alpha value is -2.87. The van der Waals surface area contributed by atoms with Crippen molar-refractivity contribution < 1.29 is 9.21 Å². The predicted octanol–water partition coefficient (Wildman–Crippen LogP) is 4.38. The first-order chi connectivity index (χ1) is 15.2. The highest BCUT2D eigenvalue weighted by atomic mass is 32.2. The summed E-state index contributed by atoms with van der Waals surface area (Å²) in [7, 11) is 0. The fourth-order valence-corrected chi connectivity index (χ4v) is 4.96. The summed E-state index contributed by atoms with van der Waals surface area (Å²) in [4.78, 5) is 13.2. The van der Waals surface area contributed by atoms with Gasteiger partial charge in [0.1, 0.15) is 17.6 Å². The number of nitrogens with zero attached hydrogens (tertiary/aromatic N) is 5. The summed E-state index contributed by atoms with van der Waals surface area (Å²) < 4.78 is 7.81. The van der Waals surface area contributed by atoms with Crippen LogP contribution in [0.5, 0.6) is 0 Å². The zero-order valence-electron chi connectivity index (χ0n) is 17.5. The summed E-state index contributed by atoms with van der Waals surface area (Å²) in [6.07, 6.45) is 6.72. The molecule has 8 heteroatoms. The summed E-state index contributed by atoms with van der Waals surface area (Å²) in [5.74, 6) is 1.99. The van der Waals surface area contributed by atoms with E-state index in [1.807, 2.05) is 12.1 Å². The highest BCUT2D eigenvalue weighted by molar-refractivity contribution is 7.99. The maximum Gasteiger partial charge on any atom is 0.253 e. The van der Waals surface area contributed by atoms with Crippen LogP contribution < -0.4 is 0 Å². The molecule has 1 atom stereocenters. The molecule has 2 aromatic heterocycles. The van der Waals surface area contributed by atoms with Gasteiger partial charge in [0.25, 0.3) is 5.91 Å². The number of hydrogen-bond acceptors (Lipinski definition) is 6. The van der Waals surface area contributed by atoms with Crippen molar-refractivity contribution in [2.75, 3.05) is 5.75 Å². The van der Waals surface area contributed by atoms with E-state index in [2.05, 4.69) is 46.0 Å². The van der Waals surface area contributed by atoms with Crippen LogP contribution in [0, 0.1) is 6.92 Å². The molecule has 0 fully saturated rings. The highest BCUT2D eigenvalue weighted by Gasteiger charge is 2.35. The predicted molar refractivity (Wildman–Crippen MR) is 119 cm³/mol. The molecule has 160 valence electrons. The molecule has 2 aliphatic heterocycles. The summed E-state index contributed by atoms with van der Waals surface area (Å²) in [6, 6.07) is 11.8. The van der Waals surface area contributed by atoms with Gasteiger partial charge in [-0.3, -0.25) is 4.79 Å². The fourth-order valence-electron chi connectivity index (χ4n) is 4.12. The summed E-state index contributed by atoms with van der Waals surface area (Å²) >= 11 is 1.44. The zero-order chi connectivity index (χ0) is 21.2. The molecule has 5 rings (SSSR count). The third kappa shape index (κ3) is 4.17. The lowest BCUT2D eigenvalue weighted by Crippen LogP contribution is -2.28. The first kappa shape index (κ1) is 20.1. The number of benzene rings is 1. The molecule has 31 heavy (non-hydrogen) atoms. The number of fused-ring (bicyclic) bond motifs is 1. The quantitative estimate of drug-likeness (QED) is 0.556. The topological polar surface area (TPSA) is 76.5 Å². The first-order valence-corrected chi connectivity index (χ1v) is 11.7. The minimum absolute atomic E-state index is 0.0560. The van der Waals surface area contributed by atoms with Crippen LogP contribution in [0.2, 0.25) is 0 Å². The van der Waals surface area contributed by atoms with Gasteiger partial charge in [-0.25, -0.2) is 5.01 Å². The Morgan fingerprint density at radius 3 is 2.84 bits per heavy atom.